The highest BCUT2D eigenvalue weighted by Crippen LogP contribution is 2.46. The van der Waals surface area contributed by atoms with Gasteiger partial charge in [-0.2, -0.15) is 0 Å². The molecule has 35 heavy (non-hydrogen) atoms. The largest absolute Gasteiger partial charge is 0.493 e. The summed E-state index contributed by atoms with van der Waals surface area (Å²) in [7, 11) is 4.69. The van der Waals surface area contributed by atoms with E-state index in [-0.39, 0.29) is 12.7 Å². The van der Waals surface area contributed by atoms with Crippen LogP contribution in [0.1, 0.15) is 39.7 Å². The van der Waals surface area contributed by atoms with Crippen LogP contribution < -0.4 is 14.2 Å². The summed E-state index contributed by atoms with van der Waals surface area (Å²) in [6.07, 6.45) is -1.76. The van der Waals surface area contributed by atoms with Gasteiger partial charge in [0.15, 0.2) is 23.1 Å². The number of rotatable bonds is 6. The van der Waals surface area contributed by atoms with E-state index in [4.69, 9.17) is 47.5 Å². The molecule has 0 aliphatic carbocycles. The predicted molar refractivity (Wildman–Crippen MR) is 121 cm³/mol. The monoisotopic (exact) mass is 495 g/mol. The van der Waals surface area contributed by atoms with Crippen molar-refractivity contribution in [1.82, 2.24) is 0 Å². The van der Waals surface area contributed by atoms with Crippen molar-refractivity contribution in [3.63, 3.8) is 0 Å². The Balaban J connectivity index is 1.37. The van der Waals surface area contributed by atoms with Gasteiger partial charge in [0, 0.05) is 5.56 Å². The molecule has 3 saturated heterocycles. The molecule has 4 heterocycles. The maximum absolute atomic E-state index is 6.44. The number of benzene rings is 1. The van der Waals surface area contributed by atoms with E-state index in [2.05, 4.69) is 5.16 Å². The van der Waals surface area contributed by atoms with Crippen LogP contribution in [0.25, 0.3) is 0 Å². The summed E-state index contributed by atoms with van der Waals surface area (Å²) in [5.41, 5.74) is 1.44. The van der Waals surface area contributed by atoms with Gasteiger partial charge < -0.3 is 47.5 Å². The number of oxime groups is 1. The van der Waals surface area contributed by atoms with Gasteiger partial charge in [-0.05, 0) is 39.8 Å². The number of hydrogen-bond acceptors (Lipinski definition) is 11. The smallest absolute Gasteiger partial charge is 0.233 e. The molecule has 4 aliphatic rings. The number of methoxy groups -OCH3 is 3. The van der Waals surface area contributed by atoms with Crippen LogP contribution >= 0.6 is 0 Å². The third kappa shape index (κ3) is 4.45. The number of fused-ring (bicyclic) bond motifs is 1. The molecule has 0 radical (unpaired) electrons. The normalized spacial score (nSPS) is 34.9. The van der Waals surface area contributed by atoms with Gasteiger partial charge in [-0.25, -0.2) is 0 Å². The van der Waals surface area contributed by atoms with Gasteiger partial charge >= 0.3 is 0 Å². The molecule has 0 amide bonds. The molecular weight excluding hydrogens is 462 g/mol. The average molecular weight is 496 g/mol. The highest BCUT2D eigenvalue weighted by molar-refractivity contribution is 6.02. The fraction of sp³-hybridized carbons (Fsp3) is 0.708. The highest BCUT2D eigenvalue weighted by atomic mass is 16.9. The molecule has 1 aromatic rings. The van der Waals surface area contributed by atoms with Crippen molar-refractivity contribution in [3.05, 3.63) is 17.7 Å². The van der Waals surface area contributed by atoms with E-state index in [0.717, 1.165) is 5.56 Å². The van der Waals surface area contributed by atoms with Crippen LogP contribution in [0.15, 0.2) is 17.3 Å². The molecule has 11 nitrogen and oxygen atoms in total. The Bertz CT molecular complexity index is 968. The molecule has 4 aliphatic heterocycles. The van der Waals surface area contributed by atoms with Crippen LogP contribution in [0, 0.1) is 0 Å². The summed E-state index contributed by atoms with van der Waals surface area (Å²) in [5, 5.41) is 4.27. The highest BCUT2D eigenvalue weighted by Gasteiger charge is 2.64. The topological polar surface area (TPSA) is 105 Å². The molecule has 1 spiro atoms. The van der Waals surface area contributed by atoms with E-state index in [1.165, 1.54) is 0 Å². The first-order valence-corrected chi connectivity index (χ1v) is 11.6. The fourth-order valence-corrected chi connectivity index (χ4v) is 4.96. The maximum Gasteiger partial charge on any atom is 0.233 e. The van der Waals surface area contributed by atoms with Gasteiger partial charge in [-0.1, -0.05) is 5.16 Å². The van der Waals surface area contributed by atoms with Crippen molar-refractivity contribution in [2.45, 2.75) is 76.1 Å². The van der Waals surface area contributed by atoms with Gasteiger partial charge in [0.1, 0.15) is 24.9 Å². The second-order valence-electron chi connectivity index (χ2n) is 9.80. The summed E-state index contributed by atoms with van der Waals surface area (Å²) in [6, 6.07) is 3.64. The summed E-state index contributed by atoms with van der Waals surface area (Å²) in [4.78, 5) is 5.69. The molecule has 11 heteroatoms. The van der Waals surface area contributed by atoms with Crippen molar-refractivity contribution < 1.29 is 47.5 Å². The first kappa shape index (κ1) is 24.5. The summed E-state index contributed by atoms with van der Waals surface area (Å²) in [5.74, 6) is -1.23. The quantitative estimate of drug-likeness (QED) is 0.585. The van der Waals surface area contributed by atoms with Gasteiger partial charge in [-0.15, -0.1) is 0 Å². The lowest BCUT2D eigenvalue weighted by molar-refractivity contribution is -0.353. The van der Waals surface area contributed by atoms with Gasteiger partial charge in [0.25, 0.3) is 0 Å². The number of nitrogens with zero attached hydrogens (tertiary/aromatic N) is 1. The lowest BCUT2D eigenvalue weighted by Crippen LogP contribution is -2.63. The lowest BCUT2D eigenvalue weighted by atomic mass is 9.97. The fourth-order valence-electron chi connectivity index (χ4n) is 4.96. The van der Waals surface area contributed by atoms with Crippen molar-refractivity contribution >= 4 is 5.71 Å². The molecule has 0 unspecified atom stereocenters. The minimum atomic E-state index is -1.16. The third-order valence-electron chi connectivity index (χ3n) is 6.42. The first-order chi connectivity index (χ1) is 16.6. The first-order valence-electron chi connectivity index (χ1n) is 11.6. The van der Waals surface area contributed by atoms with E-state index < -0.39 is 35.9 Å². The molecular formula is C24H33NO10. The van der Waals surface area contributed by atoms with Gasteiger partial charge in [0.05, 0.1) is 40.1 Å². The van der Waals surface area contributed by atoms with E-state index in [1.807, 2.05) is 39.8 Å². The van der Waals surface area contributed by atoms with Crippen molar-refractivity contribution in [1.29, 1.82) is 0 Å². The Labute approximate surface area is 204 Å². The lowest BCUT2D eigenvalue weighted by Gasteiger charge is -2.44. The van der Waals surface area contributed by atoms with Crippen LogP contribution in [-0.2, 0) is 33.3 Å². The van der Waals surface area contributed by atoms with E-state index in [9.17, 15) is 0 Å². The SMILES string of the molecule is COc1cc(C2=NO[C@H](O[C@@H]3[C@@H]4OC(C)(C)O[C@@H]4CO[C@]34COC(C)(C)O4)C2)cc(OC)c1OC. The van der Waals surface area contributed by atoms with Gasteiger partial charge in [0.2, 0.25) is 17.8 Å². The zero-order valence-corrected chi connectivity index (χ0v) is 21.1. The standard InChI is InChI=1S/C24H33NO10/c1-22(2)30-12-24(35-22)21(20-17(11-29-24)32-23(3,4)33-20)31-18-10-14(25-34-18)13-8-15(26-5)19(28-7)16(9-13)27-6/h8-9,17-18,20-21H,10-12H2,1-7H3/t17-,18+,20-,21-,24+/m1/s1. The van der Waals surface area contributed by atoms with Gasteiger partial charge in [-0.3, -0.25) is 0 Å². The predicted octanol–water partition coefficient (Wildman–Crippen LogP) is 2.58. The third-order valence-corrected chi connectivity index (χ3v) is 6.42. The van der Waals surface area contributed by atoms with Crippen LogP contribution in [0.2, 0.25) is 0 Å². The molecule has 0 N–H and O–H groups in total. The maximum atomic E-state index is 6.44. The number of ether oxygens (including phenoxy) is 9. The molecule has 0 saturated carbocycles. The zero-order chi connectivity index (χ0) is 25.0. The second-order valence-corrected chi connectivity index (χ2v) is 9.80. The summed E-state index contributed by atoms with van der Waals surface area (Å²) >= 11 is 0. The molecule has 5 atom stereocenters. The second kappa shape index (κ2) is 8.75. The Hall–Kier alpha value is -2.15. The van der Waals surface area contributed by atoms with Crippen LogP contribution in [0.4, 0.5) is 0 Å². The van der Waals surface area contributed by atoms with Crippen molar-refractivity contribution in [2.75, 3.05) is 34.5 Å². The minimum Gasteiger partial charge on any atom is -0.493 e. The Morgan fingerprint density at radius 1 is 0.914 bits per heavy atom. The van der Waals surface area contributed by atoms with E-state index >= 15 is 0 Å². The zero-order valence-electron chi connectivity index (χ0n) is 21.1. The molecule has 3 fully saturated rings. The van der Waals surface area contributed by atoms with Crippen molar-refractivity contribution in [2.24, 2.45) is 5.16 Å². The molecule has 0 bridgehead atoms. The van der Waals surface area contributed by atoms with Crippen molar-refractivity contribution in [3.8, 4) is 17.2 Å². The molecule has 5 rings (SSSR count). The average Bonchev–Trinajstić information content (AvgIpc) is 3.49. The van der Waals surface area contributed by atoms with Crippen LogP contribution in [0.3, 0.4) is 0 Å². The Kier molecular flexibility index (Phi) is 6.14. The number of hydrogen-bond donors (Lipinski definition) is 0. The van der Waals surface area contributed by atoms with E-state index in [1.54, 1.807) is 21.3 Å². The minimum absolute atomic E-state index is 0.186. The van der Waals surface area contributed by atoms with Crippen LogP contribution in [-0.4, -0.2) is 82.2 Å². The summed E-state index contributed by atoms with van der Waals surface area (Å²) in [6.45, 7) is 7.88. The summed E-state index contributed by atoms with van der Waals surface area (Å²) < 4.78 is 53.3. The Morgan fingerprint density at radius 3 is 2.23 bits per heavy atom. The van der Waals surface area contributed by atoms with E-state index in [0.29, 0.717) is 36.0 Å². The Morgan fingerprint density at radius 2 is 1.63 bits per heavy atom. The molecule has 1 aromatic carbocycles. The molecule has 194 valence electrons. The molecule has 0 aromatic heterocycles. The van der Waals surface area contributed by atoms with Crippen LogP contribution in [0.5, 0.6) is 17.2 Å².